The van der Waals surface area contributed by atoms with Crippen LogP contribution in [0.2, 0.25) is 0 Å². The first-order valence-corrected chi connectivity index (χ1v) is 7.54. The molecule has 0 aliphatic carbocycles. The average Bonchev–Trinajstić information content (AvgIpc) is 2.46. The lowest BCUT2D eigenvalue weighted by Gasteiger charge is -2.21. The second kappa shape index (κ2) is 7.97. The first kappa shape index (κ1) is 15.8. The Hall–Kier alpha value is -1.63. The van der Waals surface area contributed by atoms with Crippen LogP contribution in [-0.2, 0) is 4.74 Å². The lowest BCUT2D eigenvalue weighted by molar-refractivity contribution is 0.0479. The lowest BCUT2D eigenvalue weighted by atomic mass is 10.0. The van der Waals surface area contributed by atoms with Crippen LogP contribution < -0.4 is 14.8 Å². The van der Waals surface area contributed by atoms with Crippen molar-refractivity contribution in [3.63, 3.8) is 0 Å². The third kappa shape index (κ3) is 5.34. The van der Waals surface area contributed by atoms with Crippen molar-refractivity contribution in [2.24, 2.45) is 5.92 Å². The molecule has 0 saturated carbocycles. The fraction of sp³-hybridized carbons (Fsp3) is 0.786. The number of hydrogen-bond acceptors (Lipinski definition) is 7. The van der Waals surface area contributed by atoms with E-state index in [1.54, 1.807) is 0 Å². The van der Waals surface area contributed by atoms with E-state index < -0.39 is 0 Å². The molecule has 1 aromatic heterocycles. The monoisotopic (exact) mass is 296 g/mol. The van der Waals surface area contributed by atoms with Crippen molar-refractivity contribution in [1.82, 2.24) is 15.0 Å². The molecule has 1 aliphatic heterocycles. The number of ether oxygens (including phenoxy) is 3. The summed E-state index contributed by atoms with van der Waals surface area (Å²) in [5, 5.41) is 3.06. The van der Waals surface area contributed by atoms with Gasteiger partial charge in [0.25, 0.3) is 0 Å². The van der Waals surface area contributed by atoms with Gasteiger partial charge in [0.2, 0.25) is 5.95 Å². The molecule has 1 saturated heterocycles. The van der Waals surface area contributed by atoms with Gasteiger partial charge in [0.05, 0.1) is 12.7 Å². The molecule has 0 bridgehead atoms. The molecule has 0 radical (unpaired) electrons. The van der Waals surface area contributed by atoms with E-state index in [1.807, 2.05) is 20.8 Å². The summed E-state index contributed by atoms with van der Waals surface area (Å²) in [5.74, 6) is 0.970. The summed E-state index contributed by atoms with van der Waals surface area (Å²) in [4.78, 5) is 12.7. The van der Waals surface area contributed by atoms with Crippen molar-refractivity contribution < 1.29 is 14.2 Å². The fourth-order valence-electron chi connectivity index (χ4n) is 2.01. The minimum absolute atomic E-state index is 0.00483. The third-order valence-corrected chi connectivity index (χ3v) is 3.06. The Morgan fingerprint density at radius 1 is 1.19 bits per heavy atom. The van der Waals surface area contributed by atoms with Crippen LogP contribution in [0.4, 0.5) is 5.95 Å². The van der Waals surface area contributed by atoms with Crippen molar-refractivity contribution >= 4 is 5.95 Å². The Morgan fingerprint density at radius 2 is 1.90 bits per heavy atom. The summed E-state index contributed by atoms with van der Waals surface area (Å²) in [7, 11) is 0. The molecule has 21 heavy (non-hydrogen) atoms. The van der Waals surface area contributed by atoms with Gasteiger partial charge in [0, 0.05) is 19.8 Å². The van der Waals surface area contributed by atoms with E-state index in [0.29, 0.717) is 24.5 Å². The summed E-state index contributed by atoms with van der Waals surface area (Å²) < 4.78 is 16.6. The number of rotatable bonds is 7. The maximum absolute atomic E-state index is 5.72. The Labute approximate surface area is 125 Å². The van der Waals surface area contributed by atoms with Gasteiger partial charge < -0.3 is 19.5 Å². The quantitative estimate of drug-likeness (QED) is 0.823. The highest BCUT2D eigenvalue weighted by Crippen LogP contribution is 2.18. The number of nitrogens with one attached hydrogen (secondary N) is 1. The van der Waals surface area contributed by atoms with Gasteiger partial charge in [0.1, 0.15) is 0 Å². The lowest BCUT2D eigenvalue weighted by Crippen LogP contribution is -2.22. The zero-order valence-electron chi connectivity index (χ0n) is 13.0. The molecule has 2 rings (SSSR count). The zero-order chi connectivity index (χ0) is 15.1. The van der Waals surface area contributed by atoms with Crippen LogP contribution in [0.5, 0.6) is 12.0 Å². The van der Waals surface area contributed by atoms with E-state index in [0.717, 1.165) is 32.6 Å². The minimum atomic E-state index is 0.00483. The van der Waals surface area contributed by atoms with Gasteiger partial charge in [-0.1, -0.05) is 0 Å². The van der Waals surface area contributed by atoms with Crippen LogP contribution >= 0.6 is 0 Å². The molecule has 0 unspecified atom stereocenters. The predicted molar refractivity (Wildman–Crippen MR) is 78.8 cm³/mol. The smallest absolute Gasteiger partial charge is 0.324 e. The molecule has 7 nitrogen and oxygen atoms in total. The Kier molecular flexibility index (Phi) is 5.98. The van der Waals surface area contributed by atoms with Gasteiger partial charge >= 0.3 is 12.0 Å². The number of hydrogen-bond donors (Lipinski definition) is 1. The summed E-state index contributed by atoms with van der Waals surface area (Å²) >= 11 is 0. The standard InChI is InChI=1S/C14H24N4O3/c1-4-15-12-16-13(18-14(17-12)21-10(2)3)20-9-11-5-7-19-8-6-11/h10-11H,4-9H2,1-3H3,(H,15,16,17,18). The number of nitrogens with zero attached hydrogens (tertiary/aromatic N) is 3. The first-order valence-electron chi connectivity index (χ1n) is 7.54. The average molecular weight is 296 g/mol. The predicted octanol–water partition coefficient (Wildman–Crippen LogP) is 1.90. The van der Waals surface area contributed by atoms with Crippen LogP contribution in [-0.4, -0.2) is 47.4 Å². The van der Waals surface area contributed by atoms with E-state index >= 15 is 0 Å². The van der Waals surface area contributed by atoms with Crippen LogP contribution in [0.25, 0.3) is 0 Å². The van der Waals surface area contributed by atoms with Crippen molar-refractivity contribution in [1.29, 1.82) is 0 Å². The van der Waals surface area contributed by atoms with Crippen molar-refractivity contribution in [2.45, 2.75) is 39.7 Å². The summed E-state index contributed by atoms with van der Waals surface area (Å²) in [6.45, 7) is 8.77. The summed E-state index contributed by atoms with van der Waals surface area (Å²) in [6, 6.07) is 0.598. The van der Waals surface area contributed by atoms with Gasteiger partial charge in [-0.15, -0.1) is 4.98 Å². The molecule has 1 fully saturated rings. The topological polar surface area (TPSA) is 78.4 Å². The fourth-order valence-corrected chi connectivity index (χ4v) is 2.01. The maximum Gasteiger partial charge on any atom is 0.324 e. The van der Waals surface area contributed by atoms with Gasteiger partial charge in [0.15, 0.2) is 0 Å². The van der Waals surface area contributed by atoms with E-state index in [1.165, 1.54) is 0 Å². The molecule has 2 heterocycles. The van der Waals surface area contributed by atoms with Gasteiger partial charge in [-0.3, -0.25) is 0 Å². The largest absolute Gasteiger partial charge is 0.463 e. The molecular formula is C14H24N4O3. The Bertz CT molecular complexity index is 436. The second-order valence-electron chi connectivity index (χ2n) is 5.29. The Balaban J connectivity index is 2.00. The molecule has 0 atom stereocenters. The SMILES string of the molecule is CCNc1nc(OCC2CCOCC2)nc(OC(C)C)n1. The molecule has 0 spiro atoms. The number of anilines is 1. The first-order chi connectivity index (χ1) is 10.2. The molecule has 7 heteroatoms. The van der Waals surface area contributed by atoms with Crippen LogP contribution in [0.15, 0.2) is 0 Å². The Morgan fingerprint density at radius 3 is 2.57 bits per heavy atom. The van der Waals surface area contributed by atoms with Crippen LogP contribution in [0.1, 0.15) is 33.6 Å². The molecule has 1 aliphatic rings. The minimum Gasteiger partial charge on any atom is -0.463 e. The summed E-state index contributed by atoms with van der Waals surface area (Å²) in [6.07, 6.45) is 2.03. The van der Waals surface area contributed by atoms with E-state index in [4.69, 9.17) is 14.2 Å². The highest BCUT2D eigenvalue weighted by molar-refractivity contribution is 5.27. The van der Waals surface area contributed by atoms with E-state index in [9.17, 15) is 0 Å². The van der Waals surface area contributed by atoms with Crippen molar-refractivity contribution in [3.05, 3.63) is 0 Å². The highest BCUT2D eigenvalue weighted by Gasteiger charge is 2.16. The van der Waals surface area contributed by atoms with Crippen LogP contribution in [0.3, 0.4) is 0 Å². The molecule has 118 valence electrons. The van der Waals surface area contributed by atoms with E-state index in [2.05, 4.69) is 20.3 Å². The highest BCUT2D eigenvalue weighted by atomic mass is 16.5. The molecule has 1 aromatic rings. The summed E-state index contributed by atoms with van der Waals surface area (Å²) in [5.41, 5.74) is 0. The number of aromatic nitrogens is 3. The third-order valence-electron chi connectivity index (χ3n) is 3.06. The second-order valence-corrected chi connectivity index (χ2v) is 5.29. The van der Waals surface area contributed by atoms with Gasteiger partial charge in [-0.25, -0.2) is 0 Å². The molecular weight excluding hydrogens is 272 g/mol. The van der Waals surface area contributed by atoms with Crippen molar-refractivity contribution in [2.75, 3.05) is 31.7 Å². The zero-order valence-corrected chi connectivity index (χ0v) is 13.0. The van der Waals surface area contributed by atoms with Gasteiger partial charge in [-0.2, -0.15) is 9.97 Å². The van der Waals surface area contributed by atoms with Crippen molar-refractivity contribution in [3.8, 4) is 12.0 Å². The molecule has 1 N–H and O–H groups in total. The van der Waals surface area contributed by atoms with E-state index in [-0.39, 0.29) is 12.1 Å². The normalized spacial score (nSPS) is 16.0. The van der Waals surface area contributed by atoms with Crippen LogP contribution in [0, 0.1) is 5.92 Å². The molecule has 0 aromatic carbocycles. The molecule has 0 amide bonds. The van der Waals surface area contributed by atoms with Gasteiger partial charge in [-0.05, 0) is 39.5 Å². The maximum atomic E-state index is 5.72.